The number of amides is 2. The van der Waals surface area contributed by atoms with Gasteiger partial charge >= 0.3 is 0 Å². The van der Waals surface area contributed by atoms with Gasteiger partial charge in [-0.2, -0.15) is 0 Å². The van der Waals surface area contributed by atoms with E-state index >= 15 is 0 Å². The highest BCUT2D eigenvalue weighted by Crippen LogP contribution is 2.01. The number of carbonyl (C=O) groups is 2. The molecule has 0 aromatic carbocycles. The quantitative estimate of drug-likeness (QED) is 0.664. The molecule has 0 spiro atoms. The fourth-order valence-corrected chi connectivity index (χ4v) is 1.09. The molecule has 2 heterocycles. The van der Waals surface area contributed by atoms with E-state index in [0.29, 0.717) is 0 Å². The van der Waals surface area contributed by atoms with Gasteiger partial charge in [-0.05, 0) is 12.1 Å². The highest BCUT2D eigenvalue weighted by molar-refractivity contribution is 5.95. The molecule has 14 heavy (non-hydrogen) atoms. The SMILES string of the molecule is O=C(NC1CONC1=O)c1ccco1. The average molecular weight is 196 g/mol. The van der Waals surface area contributed by atoms with Crippen molar-refractivity contribution >= 4 is 11.8 Å². The molecule has 2 amide bonds. The summed E-state index contributed by atoms with van der Waals surface area (Å²) in [6.07, 6.45) is 1.39. The summed E-state index contributed by atoms with van der Waals surface area (Å²) in [6, 6.07) is 2.47. The Morgan fingerprint density at radius 3 is 3.07 bits per heavy atom. The standard InChI is InChI=1S/C8H8N2O4/c11-7-5(4-14-10-7)9-8(12)6-2-1-3-13-6/h1-3,5H,4H2,(H,9,12)(H,10,11). The van der Waals surface area contributed by atoms with Crippen LogP contribution in [0.1, 0.15) is 10.6 Å². The Labute approximate surface area is 79.2 Å². The van der Waals surface area contributed by atoms with Gasteiger partial charge < -0.3 is 9.73 Å². The van der Waals surface area contributed by atoms with Gasteiger partial charge in [-0.15, -0.1) is 0 Å². The largest absolute Gasteiger partial charge is 0.459 e. The van der Waals surface area contributed by atoms with E-state index in [0.717, 1.165) is 0 Å². The number of furan rings is 1. The molecule has 1 aliphatic rings. The Morgan fingerprint density at radius 2 is 2.50 bits per heavy atom. The predicted octanol–water partition coefficient (Wildman–Crippen LogP) is -0.561. The Morgan fingerprint density at radius 1 is 1.64 bits per heavy atom. The van der Waals surface area contributed by atoms with Crippen LogP contribution in [0.5, 0.6) is 0 Å². The molecule has 0 saturated carbocycles. The fourth-order valence-electron chi connectivity index (χ4n) is 1.09. The Bertz CT molecular complexity index is 346. The van der Waals surface area contributed by atoms with Gasteiger partial charge in [0.1, 0.15) is 12.6 Å². The molecule has 1 fully saturated rings. The maximum Gasteiger partial charge on any atom is 0.287 e. The normalized spacial score (nSPS) is 20.6. The molecule has 1 atom stereocenters. The van der Waals surface area contributed by atoms with E-state index in [1.165, 1.54) is 12.3 Å². The van der Waals surface area contributed by atoms with E-state index in [1.54, 1.807) is 6.07 Å². The second kappa shape index (κ2) is 3.51. The van der Waals surface area contributed by atoms with Gasteiger partial charge in [0.05, 0.1) is 6.26 Å². The van der Waals surface area contributed by atoms with Gasteiger partial charge in [-0.3, -0.25) is 14.4 Å². The van der Waals surface area contributed by atoms with Gasteiger partial charge in [-0.25, -0.2) is 5.48 Å². The lowest BCUT2D eigenvalue weighted by atomic mass is 10.3. The molecule has 1 aromatic heterocycles. The molecule has 74 valence electrons. The van der Waals surface area contributed by atoms with Crippen molar-refractivity contribution < 1.29 is 18.8 Å². The highest BCUT2D eigenvalue weighted by Gasteiger charge is 2.27. The maximum absolute atomic E-state index is 11.4. The van der Waals surface area contributed by atoms with Crippen molar-refractivity contribution in [1.29, 1.82) is 0 Å². The minimum Gasteiger partial charge on any atom is -0.459 e. The predicted molar refractivity (Wildman–Crippen MR) is 44.1 cm³/mol. The molecule has 6 nitrogen and oxygen atoms in total. The number of hydroxylamine groups is 1. The van der Waals surface area contributed by atoms with Crippen molar-refractivity contribution in [2.45, 2.75) is 6.04 Å². The molecule has 1 unspecified atom stereocenters. The first-order valence-electron chi connectivity index (χ1n) is 4.03. The first-order chi connectivity index (χ1) is 6.77. The van der Waals surface area contributed by atoms with Crippen LogP contribution in [0.4, 0.5) is 0 Å². The Kier molecular flexibility index (Phi) is 2.19. The summed E-state index contributed by atoms with van der Waals surface area (Å²) in [5.41, 5.74) is 2.14. The average Bonchev–Trinajstić information content (AvgIpc) is 2.77. The number of nitrogens with one attached hydrogen (secondary N) is 2. The van der Waals surface area contributed by atoms with Crippen molar-refractivity contribution in [3.63, 3.8) is 0 Å². The van der Waals surface area contributed by atoms with Gasteiger partial charge in [0, 0.05) is 0 Å². The zero-order valence-electron chi connectivity index (χ0n) is 7.15. The first kappa shape index (κ1) is 8.76. The van der Waals surface area contributed by atoms with Crippen LogP contribution in [0, 0.1) is 0 Å². The summed E-state index contributed by atoms with van der Waals surface area (Å²) in [5, 5.41) is 2.46. The van der Waals surface area contributed by atoms with Gasteiger partial charge in [-0.1, -0.05) is 0 Å². The topological polar surface area (TPSA) is 80.6 Å². The third-order valence-electron chi connectivity index (χ3n) is 1.79. The van der Waals surface area contributed by atoms with E-state index in [1.807, 2.05) is 0 Å². The van der Waals surface area contributed by atoms with Gasteiger partial charge in [0.15, 0.2) is 5.76 Å². The highest BCUT2D eigenvalue weighted by atomic mass is 16.7. The zero-order valence-corrected chi connectivity index (χ0v) is 7.15. The van der Waals surface area contributed by atoms with Crippen LogP contribution in [-0.4, -0.2) is 24.5 Å². The monoisotopic (exact) mass is 196 g/mol. The van der Waals surface area contributed by atoms with Crippen molar-refractivity contribution in [3.8, 4) is 0 Å². The lowest BCUT2D eigenvalue weighted by molar-refractivity contribution is -0.125. The fraction of sp³-hybridized carbons (Fsp3) is 0.250. The molecule has 2 N–H and O–H groups in total. The second-order valence-electron chi connectivity index (χ2n) is 2.78. The number of hydrogen-bond acceptors (Lipinski definition) is 4. The summed E-state index contributed by atoms with van der Waals surface area (Å²) < 4.78 is 4.86. The van der Waals surface area contributed by atoms with Crippen molar-refractivity contribution in [2.75, 3.05) is 6.61 Å². The van der Waals surface area contributed by atoms with Crippen LogP contribution in [0.2, 0.25) is 0 Å². The number of carbonyl (C=O) groups excluding carboxylic acids is 2. The van der Waals surface area contributed by atoms with E-state index in [2.05, 4.69) is 15.6 Å². The number of rotatable bonds is 2. The van der Waals surface area contributed by atoms with Crippen molar-refractivity contribution in [2.24, 2.45) is 0 Å². The van der Waals surface area contributed by atoms with E-state index in [9.17, 15) is 9.59 Å². The molecule has 1 saturated heterocycles. The van der Waals surface area contributed by atoms with Crippen LogP contribution in [0.15, 0.2) is 22.8 Å². The summed E-state index contributed by atoms with van der Waals surface area (Å²) >= 11 is 0. The lowest BCUT2D eigenvalue weighted by Crippen LogP contribution is -2.41. The van der Waals surface area contributed by atoms with Gasteiger partial charge in [0.25, 0.3) is 11.8 Å². The third kappa shape index (κ3) is 1.60. The van der Waals surface area contributed by atoms with Crippen LogP contribution < -0.4 is 10.8 Å². The van der Waals surface area contributed by atoms with Crippen LogP contribution in [-0.2, 0) is 9.63 Å². The molecular formula is C8H8N2O4. The molecule has 0 radical (unpaired) electrons. The zero-order chi connectivity index (χ0) is 9.97. The summed E-state index contributed by atoms with van der Waals surface area (Å²) in [6.45, 7) is 0.130. The van der Waals surface area contributed by atoms with Crippen molar-refractivity contribution in [3.05, 3.63) is 24.2 Å². The first-order valence-corrected chi connectivity index (χ1v) is 4.03. The second-order valence-corrected chi connectivity index (χ2v) is 2.78. The van der Waals surface area contributed by atoms with E-state index in [-0.39, 0.29) is 18.3 Å². The minimum atomic E-state index is -0.646. The summed E-state index contributed by atoms with van der Waals surface area (Å²) in [4.78, 5) is 27.0. The molecule has 0 aliphatic carbocycles. The summed E-state index contributed by atoms with van der Waals surface area (Å²) in [5.74, 6) is -0.616. The van der Waals surface area contributed by atoms with E-state index in [4.69, 9.17) is 4.42 Å². The molecule has 0 bridgehead atoms. The lowest BCUT2D eigenvalue weighted by Gasteiger charge is -2.05. The molecule has 2 rings (SSSR count). The third-order valence-corrected chi connectivity index (χ3v) is 1.79. The minimum absolute atomic E-state index is 0.130. The number of hydrogen-bond donors (Lipinski definition) is 2. The molecule has 1 aromatic rings. The summed E-state index contributed by atoms with van der Waals surface area (Å²) in [7, 11) is 0. The molecule has 6 heteroatoms. The maximum atomic E-state index is 11.4. The van der Waals surface area contributed by atoms with Crippen LogP contribution in [0.25, 0.3) is 0 Å². The van der Waals surface area contributed by atoms with Crippen molar-refractivity contribution in [1.82, 2.24) is 10.8 Å². The molecular weight excluding hydrogens is 188 g/mol. The van der Waals surface area contributed by atoms with E-state index < -0.39 is 11.9 Å². The smallest absolute Gasteiger partial charge is 0.287 e. The Hall–Kier alpha value is -1.82. The molecule has 1 aliphatic heterocycles. The van der Waals surface area contributed by atoms with Gasteiger partial charge in [0.2, 0.25) is 0 Å². The van der Waals surface area contributed by atoms with Crippen LogP contribution >= 0.6 is 0 Å². The van der Waals surface area contributed by atoms with Crippen LogP contribution in [0.3, 0.4) is 0 Å². The Balaban J connectivity index is 1.98.